The Labute approximate surface area is 389 Å². The number of halogens is 1. The molecule has 1 unspecified atom stereocenters. The van der Waals surface area contributed by atoms with Crippen LogP contribution in [0.25, 0.3) is 0 Å². The summed E-state index contributed by atoms with van der Waals surface area (Å²) in [4.78, 5) is 91.0. The Morgan fingerprint density at radius 2 is 1.19 bits per heavy atom. The van der Waals surface area contributed by atoms with Crippen molar-refractivity contribution in [1.29, 1.82) is 0 Å². The number of esters is 3. The molecule has 17 nitrogen and oxygen atoms in total. The lowest BCUT2D eigenvalue weighted by atomic mass is 10.1. The lowest BCUT2D eigenvalue weighted by Crippen LogP contribution is -2.43. The van der Waals surface area contributed by atoms with Crippen molar-refractivity contribution in [1.82, 2.24) is 26.0 Å². The lowest BCUT2D eigenvalue weighted by Gasteiger charge is -2.21. The number of hydrogen-bond donors (Lipinski definition) is 5. The first kappa shape index (κ1) is 53.3. The Morgan fingerprint density at radius 1 is 0.642 bits per heavy atom. The maximum absolute atomic E-state index is 13.2. The fourth-order valence-corrected chi connectivity index (χ4v) is 7.47. The molecular weight excluding hydrogens is 889 g/mol. The predicted octanol–water partition coefficient (Wildman–Crippen LogP) is 6.15. The van der Waals surface area contributed by atoms with Gasteiger partial charge in [-0.15, -0.1) is 0 Å². The normalized spacial score (nSPS) is 13.2. The summed E-state index contributed by atoms with van der Waals surface area (Å²) in [5.74, 6) is -4.09. The topological polar surface area (TPSA) is 238 Å². The molecule has 0 bridgehead atoms. The first-order valence-electron chi connectivity index (χ1n) is 22.1. The number of rotatable bonds is 30. The number of benzene rings is 3. The summed E-state index contributed by atoms with van der Waals surface area (Å²) in [6, 6.07) is 26.3. The summed E-state index contributed by atoms with van der Waals surface area (Å²) in [6.07, 6.45) is 2.75. The Hall–Kier alpha value is -6.33. The minimum atomic E-state index is -4.60. The zero-order valence-corrected chi connectivity index (χ0v) is 38.3. The second-order valence-electron chi connectivity index (χ2n) is 15.6. The number of nitrogens with zero attached hydrogens (tertiary/aromatic N) is 1. The highest BCUT2D eigenvalue weighted by molar-refractivity contribution is 7.50. The fourth-order valence-electron chi connectivity index (χ4n) is 6.39. The van der Waals surface area contributed by atoms with Crippen LogP contribution in [-0.4, -0.2) is 76.8 Å². The van der Waals surface area contributed by atoms with Gasteiger partial charge in [0.1, 0.15) is 31.9 Å². The van der Waals surface area contributed by atoms with E-state index in [0.717, 1.165) is 23.4 Å². The summed E-state index contributed by atoms with van der Waals surface area (Å²) < 4.78 is 47.6. The molecule has 3 aromatic carbocycles. The van der Waals surface area contributed by atoms with Gasteiger partial charge in [0.15, 0.2) is 0 Å². The molecule has 0 aliphatic carbocycles. The average Bonchev–Trinajstić information content (AvgIpc) is 3.33. The molecule has 4 aromatic rings. The second-order valence-corrected chi connectivity index (χ2v) is 17.2. The molecule has 67 heavy (non-hydrogen) atoms. The van der Waals surface area contributed by atoms with Crippen LogP contribution >= 0.6 is 7.75 Å². The molecule has 0 saturated heterocycles. The Morgan fingerprint density at radius 3 is 1.78 bits per heavy atom. The molecule has 1 heterocycles. The van der Waals surface area contributed by atoms with E-state index in [4.69, 9.17) is 18.7 Å². The third-order valence-corrected chi connectivity index (χ3v) is 11.2. The van der Waals surface area contributed by atoms with E-state index in [9.17, 15) is 42.6 Å². The largest absolute Gasteiger partial charge is 0.461 e. The maximum Gasteiger partial charge on any atom is 0.403 e. The van der Waals surface area contributed by atoms with E-state index in [0.29, 0.717) is 37.8 Å². The quantitative estimate of drug-likeness (QED) is 0.0130. The maximum atomic E-state index is 13.2. The van der Waals surface area contributed by atoms with Crippen molar-refractivity contribution in [2.45, 2.75) is 109 Å². The van der Waals surface area contributed by atoms with Gasteiger partial charge in [0.2, 0.25) is 17.8 Å². The third kappa shape index (κ3) is 22.1. The van der Waals surface area contributed by atoms with Crippen LogP contribution in [0.1, 0.15) is 98.2 Å². The van der Waals surface area contributed by atoms with E-state index >= 15 is 0 Å². The highest BCUT2D eigenvalue weighted by Crippen LogP contribution is 2.38. The van der Waals surface area contributed by atoms with Gasteiger partial charge in [-0.1, -0.05) is 97.4 Å². The van der Waals surface area contributed by atoms with Gasteiger partial charge >= 0.3 is 25.7 Å². The van der Waals surface area contributed by atoms with E-state index < -0.39 is 67.4 Å². The molecular formula is C48H59FN5O12P. The van der Waals surface area contributed by atoms with E-state index in [2.05, 4.69) is 26.0 Å². The summed E-state index contributed by atoms with van der Waals surface area (Å²) in [5, 5.41) is 10.5. The number of amides is 3. The van der Waals surface area contributed by atoms with Crippen LogP contribution in [0.5, 0.6) is 0 Å². The van der Waals surface area contributed by atoms with Crippen molar-refractivity contribution < 1.29 is 61.4 Å². The molecule has 4 rings (SSSR count). The van der Waals surface area contributed by atoms with Gasteiger partial charge < -0.3 is 35.1 Å². The number of carbonyl (C=O) groups is 6. The van der Waals surface area contributed by atoms with Crippen LogP contribution in [0, 0.1) is 5.95 Å². The summed E-state index contributed by atoms with van der Waals surface area (Å²) in [7, 11) is -4.60. The van der Waals surface area contributed by atoms with Crippen molar-refractivity contribution in [3.05, 3.63) is 138 Å². The smallest absolute Gasteiger partial charge is 0.403 e. The fraction of sp³-hybridized carbons (Fsp3) is 0.396. The van der Waals surface area contributed by atoms with Gasteiger partial charge in [-0.2, -0.15) is 4.39 Å². The van der Waals surface area contributed by atoms with Crippen LogP contribution in [0.2, 0.25) is 0 Å². The van der Waals surface area contributed by atoms with E-state index in [1.54, 1.807) is 85.8 Å². The van der Waals surface area contributed by atoms with Crippen LogP contribution in [0.4, 0.5) is 4.39 Å². The molecule has 0 aliphatic heterocycles. The molecule has 0 fully saturated rings. The molecule has 0 spiro atoms. The Bertz CT molecular complexity index is 2210. The van der Waals surface area contributed by atoms with Crippen molar-refractivity contribution in [2.24, 2.45) is 0 Å². The zero-order valence-electron chi connectivity index (χ0n) is 37.4. The van der Waals surface area contributed by atoms with Crippen LogP contribution in [0.3, 0.4) is 0 Å². The summed E-state index contributed by atoms with van der Waals surface area (Å²) in [5.41, 5.74) is 2.43. The minimum absolute atomic E-state index is 0.0221. The standard InChI is InChI=1S/C48H59FN5O12P/c1-35(15-14-30-66-67(61,62)54-41(48(60)65-34-38-20-10-4-11-21-38)25-28-45(57)63-32-36-16-6-2-7-17-36)52-44(56)27-24-40(47(59)64-33-37-18-8-3-9-19-37)53-43(55)22-12-5-13-29-50-46(58)39-23-26-42(49)51-31-39/h2-4,6-11,16-21,23,26,31,35,40-41H,5,12-15,22,24-25,27-30,32-34H2,1H3,(H,50,58)(H,52,56)(H,53,55)(H2,54,61,62)/t35-,40+,41+/m1/s1. The number of aromatic nitrogens is 1. The average molecular weight is 948 g/mol. The predicted molar refractivity (Wildman–Crippen MR) is 244 cm³/mol. The zero-order chi connectivity index (χ0) is 48.3. The summed E-state index contributed by atoms with van der Waals surface area (Å²) >= 11 is 0. The number of hydrogen-bond acceptors (Lipinski definition) is 12. The van der Waals surface area contributed by atoms with Gasteiger partial charge in [0.25, 0.3) is 5.91 Å². The van der Waals surface area contributed by atoms with Gasteiger partial charge in [-0.05, 0) is 74.3 Å². The van der Waals surface area contributed by atoms with E-state index in [-0.39, 0.29) is 70.5 Å². The van der Waals surface area contributed by atoms with Gasteiger partial charge in [0, 0.05) is 38.0 Å². The molecule has 0 aliphatic rings. The van der Waals surface area contributed by atoms with Crippen LogP contribution in [0.15, 0.2) is 109 Å². The molecule has 4 atom stereocenters. The monoisotopic (exact) mass is 947 g/mol. The molecule has 5 N–H and O–H groups in total. The number of ether oxygens (including phenoxy) is 3. The van der Waals surface area contributed by atoms with Crippen LogP contribution in [-0.2, 0) is 67.1 Å². The van der Waals surface area contributed by atoms with Crippen LogP contribution < -0.4 is 21.0 Å². The molecule has 0 saturated carbocycles. The second kappa shape index (κ2) is 29.3. The first-order chi connectivity index (χ1) is 32.3. The van der Waals surface area contributed by atoms with Gasteiger partial charge in [-0.3, -0.25) is 28.5 Å². The third-order valence-electron chi connectivity index (χ3n) is 10.0. The molecule has 0 radical (unpaired) electrons. The van der Waals surface area contributed by atoms with Crippen molar-refractivity contribution in [3.8, 4) is 0 Å². The number of unbranched alkanes of at least 4 members (excludes halogenated alkanes) is 2. The SMILES string of the molecule is C[C@H](CCCOP(=O)(O)N[C@@H](CCC(=O)OCc1ccccc1)C(=O)OCc1ccccc1)NC(=O)CC[C@H](NC(=O)CCCCCNC(=O)c1ccc(F)nc1)C(=O)OCc1ccccc1. The Kier molecular flexibility index (Phi) is 23.3. The molecule has 360 valence electrons. The van der Waals surface area contributed by atoms with E-state index in [1.165, 1.54) is 6.07 Å². The summed E-state index contributed by atoms with van der Waals surface area (Å²) in [6.45, 7) is 1.72. The molecule has 1 aromatic heterocycles. The van der Waals surface area contributed by atoms with Gasteiger partial charge in [0.05, 0.1) is 12.2 Å². The van der Waals surface area contributed by atoms with Crippen molar-refractivity contribution in [3.63, 3.8) is 0 Å². The number of pyridine rings is 1. The number of nitrogens with one attached hydrogen (secondary N) is 4. The highest BCUT2D eigenvalue weighted by atomic mass is 31.2. The highest BCUT2D eigenvalue weighted by Gasteiger charge is 2.31. The minimum Gasteiger partial charge on any atom is -0.461 e. The first-order valence-corrected chi connectivity index (χ1v) is 23.7. The molecule has 19 heteroatoms. The van der Waals surface area contributed by atoms with Gasteiger partial charge in [-0.25, -0.2) is 19.4 Å². The number of carbonyl (C=O) groups excluding carboxylic acids is 6. The van der Waals surface area contributed by atoms with Crippen molar-refractivity contribution >= 4 is 43.4 Å². The molecule has 3 amide bonds. The lowest BCUT2D eigenvalue weighted by molar-refractivity contribution is -0.150. The van der Waals surface area contributed by atoms with Crippen molar-refractivity contribution in [2.75, 3.05) is 13.2 Å². The Balaban J connectivity index is 1.19. The van der Waals surface area contributed by atoms with E-state index in [1.807, 2.05) is 12.1 Å².